The van der Waals surface area contributed by atoms with Gasteiger partial charge >= 0.3 is 11.9 Å². The fourth-order valence-electron chi connectivity index (χ4n) is 2.68. The number of esters is 2. The molecule has 1 aliphatic heterocycles. The predicted molar refractivity (Wildman–Crippen MR) is 61.0 cm³/mol. The van der Waals surface area contributed by atoms with Crippen LogP contribution in [0.1, 0.15) is 17.9 Å². The fraction of sp³-hybridized carbons (Fsp3) is 0.286. The van der Waals surface area contributed by atoms with Crippen LogP contribution in [0.4, 0.5) is 0 Å². The van der Waals surface area contributed by atoms with E-state index in [1.807, 2.05) is 42.5 Å². The SMILES string of the molecule is O=C1OC(=O)C2C1CC=CC2c1ccccc1. The van der Waals surface area contributed by atoms with E-state index in [1.54, 1.807) is 0 Å². The monoisotopic (exact) mass is 228 g/mol. The van der Waals surface area contributed by atoms with Gasteiger partial charge in [0.2, 0.25) is 0 Å². The lowest BCUT2D eigenvalue weighted by Crippen LogP contribution is -2.26. The molecule has 0 spiro atoms. The molecule has 3 atom stereocenters. The summed E-state index contributed by atoms with van der Waals surface area (Å²) in [5.74, 6) is -1.41. The molecule has 3 nitrogen and oxygen atoms in total. The van der Waals surface area contributed by atoms with Crippen molar-refractivity contribution in [1.82, 2.24) is 0 Å². The molecule has 1 aromatic rings. The first kappa shape index (κ1) is 10.3. The highest BCUT2D eigenvalue weighted by atomic mass is 16.6. The standard InChI is InChI=1S/C14H12O3/c15-13-11-8-4-7-10(12(11)14(16)17-13)9-5-2-1-3-6-9/h1-7,10-12H,8H2. The van der Waals surface area contributed by atoms with Crippen LogP contribution in [-0.4, -0.2) is 11.9 Å². The number of hydrogen-bond acceptors (Lipinski definition) is 3. The number of fused-ring (bicyclic) bond motifs is 1. The van der Waals surface area contributed by atoms with Crippen LogP contribution in [0.15, 0.2) is 42.5 Å². The fourth-order valence-corrected chi connectivity index (χ4v) is 2.68. The van der Waals surface area contributed by atoms with E-state index in [2.05, 4.69) is 0 Å². The van der Waals surface area contributed by atoms with Gasteiger partial charge in [-0.05, 0) is 12.0 Å². The third-order valence-corrected chi connectivity index (χ3v) is 3.51. The molecular formula is C14H12O3. The van der Waals surface area contributed by atoms with Gasteiger partial charge in [-0.2, -0.15) is 0 Å². The van der Waals surface area contributed by atoms with Gasteiger partial charge in [-0.3, -0.25) is 9.59 Å². The molecule has 1 saturated heterocycles. The van der Waals surface area contributed by atoms with Gasteiger partial charge in [-0.15, -0.1) is 0 Å². The summed E-state index contributed by atoms with van der Waals surface area (Å²) >= 11 is 0. The smallest absolute Gasteiger partial charge is 0.318 e. The molecule has 0 amide bonds. The van der Waals surface area contributed by atoms with E-state index in [0.717, 1.165) is 5.56 Å². The van der Waals surface area contributed by atoms with Gasteiger partial charge in [0.25, 0.3) is 0 Å². The van der Waals surface area contributed by atoms with Crippen LogP contribution in [-0.2, 0) is 14.3 Å². The summed E-state index contributed by atoms with van der Waals surface area (Å²) in [7, 11) is 0. The van der Waals surface area contributed by atoms with Gasteiger partial charge in [0.15, 0.2) is 0 Å². The minimum atomic E-state index is -0.377. The Morgan fingerprint density at radius 2 is 1.82 bits per heavy atom. The lowest BCUT2D eigenvalue weighted by molar-refractivity contribution is -0.153. The van der Waals surface area contributed by atoms with Gasteiger partial charge in [0.1, 0.15) is 0 Å². The summed E-state index contributed by atoms with van der Waals surface area (Å²) in [4.78, 5) is 23.2. The zero-order chi connectivity index (χ0) is 11.8. The molecule has 0 N–H and O–H groups in total. The van der Waals surface area contributed by atoms with Gasteiger partial charge in [0, 0.05) is 5.92 Å². The van der Waals surface area contributed by atoms with E-state index < -0.39 is 0 Å². The molecule has 1 aliphatic carbocycles. The molecule has 0 bridgehead atoms. The van der Waals surface area contributed by atoms with Crippen LogP contribution in [0.3, 0.4) is 0 Å². The highest BCUT2D eigenvalue weighted by Gasteiger charge is 2.48. The molecule has 3 unspecified atom stereocenters. The first-order valence-corrected chi connectivity index (χ1v) is 5.74. The minimum absolute atomic E-state index is 0.0334. The summed E-state index contributed by atoms with van der Waals surface area (Å²) in [5, 5.41) is 0. The van der Waals surface area contributed by atoms with Crippen molar-refractivity contribution in [2.75, 3.05) is 0 Å². The van der Waals surface area contributed by atoms with E-state index in [4.69, 9.17) is 4.74 Å². The largest absolute Gasteiger partial charge is 0.393 e. The quantitative estimate of drug-likeness (QED) is 0.419. The van der Waals surface area contributed by atoms with Gasteiger partial charge in [-0.25, -0.2) is 0 Å². The molecule has 2 aliphatic rings. The first-order chi connectivity index (χ1) is 8.27. The molecule has 1 heterocycles. The molecule has 86 valence electrons. The first-order valence-electron chi connectivity index (χ1n) is 5.74. The van der Waals surface area contributed by atoms with Crippen molar-refractivity contribution < 1.29 is 14.3 Å². The van der Waals surface area contributed by atoms with Crippen LogP contribution in [0.5, 0.6) is 0 Å². The van der Waals surface area contributed by atoms with Crippen molar-refractivity contribution in [1.29, 1.82) is 0 Å². The highest BCUT2D eigenvalue weighted by molar-refractivity contribution is 5.97. The summed E-state index contributed by atoms with van der Waals surface area (Å²) in [5.41, 5.74) is 1.06. The average molecular weight is 228 g/mol. The maximum absolute atomic E-state index is 11.7. The van der Waals surface area contributed by atoms with Crippen molar-refractivity contribution in [3.8, 4) is 0 Å². The molecule has 0 saturated carbocycles. The lowest BCUT2D eigenvalue weighted by Gasteiger charge is -2.24. The Labute approximate surface area is 99.1 Å². The van der Waals surface area contributed by atoms with Crippen LogP contribution in [0, 0.1) is 11.8 Å². The summed E-state index contributed by atoms with van der Waals surface area (Å²) in [6, 6.07) is 9.77. The van der Waals surface area contributed by atoms with E-state index in [1.165, 1.54) is 0 Å². The Balaban J connectivity index is 2.00. The Bertz CT molecular complexity index is 489. The van der Waals surface area contributed by atoms with Gasteiger partial charge in [0.05, 0.1) is 11.8 Å². The second kappa shape index (κ2) is 3.84. The summed E-state index contributed by atoms with van der Waals surface area (Å²) in [6.07, 6.45) is 4.59. The number of allylic oxidation sites excluding steroid dienone is 2. The zero-order valence-corrected chi connectivity index (χ0v) is 9.21. The summed E-state index contributed by atoms with van der Waals surface area (Å²) < 4.78 is 4.74. The molecule has 1 aromatic carbocycles. The van der Waals surface area contributed by atoms with Crippen LogP contribution >= 0.6 is 0 Å². The number of carbonyl (C=O) groups is 2. The van der Waals surface area contributed by atoms with Crippen molar-refractivity contribution in [3.63, 3.8) is 0 Å². The topological polar surface area (TPSA) is 43.4 Å². The number of rotatable bonds is 1. The van der Waals surface area contributed by atoms with E-state index >= 15 is 0 Å². The zero-order valence-electron chi connectivity index (χ0n) is 9.21. The normalized spacial score (nSPS) is 31.2. The number of benzene rings is 1. The van der Waals surface area contributed by atoms with Crippen molar-refractivity contribution >= 4 is 11.9 Å². The number of cyclic esters (lactones) is 2. The van der Waals surface area contributed by atoms with Gasteiger partial charge < -0.3 is 4.74 Å². The lowest BCUT2D eigenvalue weighted by atomic mass is 9.74. The Kier molecular flexibility index (Phi) is 2.32. The molecule has 0 radical (unpaired) electrons. The Morgan fingerprint density at radius 3 is 2.59 bits per heavy atom. The number of hydrogen-bond donors (Lipinski definition) is 0. The molecule has 1 fully saturated rings. The number of ether oxygens (including phenoxy) is 1. The third kappa shape index (κ3) is 1.58. The molecule has 3 heteroatoms. The minimum Gasteiger partial charge on any atom is -0.393 e. The highest BCUT2D eigenvalue weighted by Crippen LogP contribution is 2.42. The van der Waals surface area contributed by atoms with Crippen molar-refractivity contribution in [3.05, 3.63) is 48.0 Å². The molecular weight excluding hydrogens is 216 g/mol. The van der Waals surface area contributed by atoms with Crippen LogP contribution in [0.2, 0.25) is 0 Å². The Morgan fingerprint density at radius 1 is 1.06 bits per heavy atom. The van der Waals surface area contributed by atoms with Crippen molar-refractivity contribution in [2.24, 2.45) is 11.8 Å². The van der Waals surface area contributed by atoms with E-state index in [-0.39, 0.29) is 29.7 Å². The maximum Gasteiger partial charge on any atom is 0.318 e. The van der Waals surface area contributed by atoms with E-state index in [0.29, 0.717) is 6.42 Å². The van der Waals surface area contributed by atoms with Crippen LogP contribution < -0.4 is 0 Å². The average Bonchev–Trinajstić information content (AvgIpc) is 2.66. The van der Waals surface area contributed by atoms with E-state index in [9.17, 15) is 9.59 Å². The predicted octanol–water partition coefficient (Wildman–Crippen LogP) is 2.05. The second-order valence-corrected chi connectivity index (χ2v) is 4.47. The molecule has 0 aromatic heterocycles. The van der Waals surface area contributed by atoms with Crippen LogP contribution in [0.25, 0.3) is 0 Å². The van der Waals surface area contributed by atoms with Crippen molar-refractivity contribution in [2.45, 2.75) is 12.3 Å². The molecule has 17 heavy (non-hydrogen) atoms. The second-order valence-electron chi connectivity index (χ2n) is 4.47. The third-order valence-electron chi connectivity index (χ3n) is 3.51. The maximum atomic E-state index is 11.7. The molecule has 3 rings (SSSR count). The van der Waals surface area contributed by atoms with Gasteiger partial charge in [-0.1, -0.05) is 42.5 Å². The summed E-state index contributed by atoms with van der Waals surface area (Å²) in [6.45, 7) is 0. The Hall–Kier alpha value is -1.90. The number of carbonyl (C=O) groups excluding carboxylic acids is 2.